The molecule has 2 aromatic rings. The third kappa shape index (κ3) is 4.86. The number of benzene rings is 2. The highest BCUT2D eigenvalue weighted by Gasteiger charge is 2.24. The van der Waals surface area contributed by atoms with E-state index in [0.29, 0.717) is 10.4 Å². The zero-order valence-electron chi connectivity index (χ0n) is 12.8. The molecule has 0 saturated heterocycles. The van der Waals surface area contributed by atoms with Gasteiger partial charge in [0, 0.05) is 11.8 Å². The van der Waals surface area contributed by atoms with Crippen molar-refractivity contribution >= 4 is 38.9 Å². The first-order valence-electron chi connectivity index (χ1n) is 6.75. The minimum atomic E-state index is -4.03. The molecule has 0 aromatic heterocycles. The van der Waals surface area contributed by atoms with E-state index >= 15 is 0 Å². The van der Waals surface area contributed by atoms with Crippen LogP contribution in [0.25, 0.3) is 0 Å². The fourth-order valence-corrected chi connectivity index (χ4v) is 3.01. The van der Waals surface area contributed by atoms with Crippen LogP contribution in [0.3, 0.4) is 0 Å². The van der Waals surface area contributed by atoms with Crippen LogP contribution < -0.4 is 9.62 Å². The highest BCUT2D eigenvalue weighted by atomic mass is 35.5. The van der Waals surface area contributed by atoms with Crippen molar-refractivity contribution in [2.24, 2.45) is 0 Å². The Morgan fingerprint density at radius 3 is 2.36 bits per heavy atom. The maximum atomic E-state index is 13.9. The lowest BCUT2D eigenvalue weighted by atomic mass is 10.3. The highest BCUT2D eigenvalue weighted by Crippen LogP contribution is 2.23. The van der Waals surface area contributed by atoms with E-state index in [2.05, 4.69) is 5.32 Å². The molecule has 0 fully saturated rings. The summed E-state index contributed by atoms with van der Waals surface area (Å²) in [7, 11) is -4.03. The summed E-state index contributed by atoms with van der Waals surface area (Å²) in [6.07, 6.45) is 0.776. The molecule has 5 nitrogen and oxygen atoms in total. The van der Waals surface area contributed by atoms with Gasteiger partial charge >= 0.3 is 0 Å². The van der Waals surface area contributed by atoms with Gasteiger partial charge in [0.1, 0.15) is 24.0 Å². The van der Waals surface area contributed by atoms with Gasteiger partial charge in [0.15, 0.2) is 0 Å². The maximum absolute atomic E-state index is 13.9. The van der Waals surface area contributed by atoms with Crippen molar-refractivity contribution in [2.75, 3.05) is 22.4 Å². The molecule has 134 valence electrons. The minimum Gasteiger partial charge on any atom is -0.324 e. The zero-order valence-corrected chi connectivity index (χ0v) is 14.3. The Kier molecular flexibility index (Phi) is 5.58. The van der Waals surface area contributed by atoms with Crippen LogP contribution in [-0.4, -0.2) is 27.1 Å². The van der Waals surface area contributed by atoms with Gasteiger partial charge in [-0.05, 0) is 30.3 Å². The summed E-state index contributed by atoms with van der Waals surface area (Å²) < 4.78 is 64.2. The second-order valence-corrected chi connectivity index (χ2v) is 7.36. The molecule has 0 atom stereocenters. The lowest BCUT2D eigenvalue weighted by Gasteiger charge is -2.22. The normalized spacial score (nSPS) is 11.2. The molecule has 0 unspecified atom stereocenters. The fourth-order valence-electron chi connectivity index (χ4n) is 1.97. The predicted molar refractivity (Wildman–Crippen MR) is 88.6 cm³/mol. The molecular formula is C15H12ClF3N2O3S. The molecule has 0 aliphatic heterocycles. The second-order valence-electron chi connectivity index (χ2n) is 5.04. The van der Waals surface area contributed by atoms with E-state index in [-0.39, 0.29) is 10.7 Å². The largest absolute Gasteiger partial charge is 0.324 e. The van der Waals surface area contributed by atoms with Crippen LogP contribution in [0.5, 0.6) is 0 Å². The van der Waals surface area contributed by atoms with Crippen molar-refractivity contribution in [3.8, 4) is 0 Å². The fraction of sp³-hybridized carbons (Fsp3) is 0.133. The summed E-state index contributed by atoms with van der Waals surface area (Å²) in [6.45, 7) is -0.767. The lowest BCUT2D eigenvalue weighted by Crippen LogP contribution is -2.38. The predicted octanol–water partition coefficient (Wildman–Crippen LogP) is 3.16. The second kappa shape index (κ2) is 7.32. The Bertz CT molecular complexity index is 922. The summed E-state index contributed by atoms with van der Waals surface area (Å²) in [5.41, 5.74) is -0.347. The van der Waals surface area contributed by atoms with Crippen molar-refractivity contribution in [2.45, 2.75) is 0 Å². The molecule has 0 bridgehead atoms. The van der Waals surface area contributed by atoms with Gasteiger partial charge in [-0.3, -0.25) is 9.10 Å². The summed E-state index contributed by atoms with van der Waals surface area (Å²) in [5, 5.41) is 2.09. The molecule has 1 N–H and O–H groups in total. The third-order valence-corrected chi connectivity index (χ3v) is 4.49. The third-order valence-electron chi connectivity index (χ3n) is 3.07. The van der Waals surface area contributed by atoms with Crippen LogP contribution in [0.1, 0.15) is 0 Å². The van der Waals surface area contributed by atoms with Gasteiger partial charge in [0.2, 0.25) is 15.9 Å². The first-order valence-corrected chi connectivity index (χ1v) is 8.98. The number of nitrogens with one attached hydrogen (secondary N) is 1. The van der Waals surface area contributed by atoms with Crippen molar-refractivity contribution < 1.29 is 26.4 Å². The summed E-state index contributed by atoms with van der Waals surface area (Å²) >= 11 is 5.59. The van der Waals surface area contributed by atoms with Crippen LogP contribution >= 0.6 is 11.6 Å². The van der Waals surface area contributed by atoms with Crippen LogP contribution in [0.2, 0.25) is 5.02 Å². The molecule has 0 radical (unpaired) electrons. The zero-order chi connectivity index (χ0) is 18.8. The number of anilines is 2. The number of nitrogens with zero attached hydrogens (tertiary/aromatic N) is 1. The molecule has 10 heteroatoms. The molecular weight excluding hydrogens is 381 g/mol. The average Bonchev–Trinajstić information content (AvgIpc) is 2.48. The Labute approximate surface area is 147 Å². The Morgan fingerprint density at radius 1 is 1.12 bits per heavy atom. The number of hydrogen-bond acceptors (Lipinski definition) is 3. The summed E-state index contributed by atoms with van der Waals surface area (Å²) in [5.74, 6) is -3.54. The minimum absolute atomic E-state index is 0.129. The van der Waals surface area contributed by atoms with Gasteiger partial charge < -0.3 is 5.32 Å². The molecule has 0 aliphatic rings. The van der Waals surface area contributed by atoms with Crippen LogP contribution in [0.15, 0.2) is 36.4 Å². The number of carbonyl (C=O) groups is 1. The van der Waals surface area contributed by atoms with E-state index in [0.717, 1.165) is 30.5 Å². The van der Waals surface area contributed by atoms with Crippen LogP contribution in [0, 0.1) is 17.5 Å². The lowest BCUT2D eigenvalue weighted by molar-refractivity contribution is -0.114. The molecule has 1 amide bonds. The molecule has 2 rings (SSSR count). The molecule has 0 aliphatic carbocycles. The molecule has 0 saturated carbocycles. The first kappa shape index (κ1) is 19.1. The van der Waals surface area contributed by atoms with E-state index in [1.165, 1.54) is 6.07 Å². The maximum Gasteiger partial charge on any atom is 0.245 e. The van der Waals surface area contributed by atoms with E-state index in [9.17, 15) is 26.4 Å². The molecule has 0 spiro atoms. The van der Waals surface area contributed by atoms with Crippen molar-refractivity contribution in [3.05, 3.63) is 58.9 Å². The number of rotatable bonds is 5. The van der Waals surface area contributed by atoms with E-state index in [1.54, 1.807) is 0 Å². The monoisotopic (exact) mass is 392 g/mol. The van der Waals surface area contributed by atoms with Gasteiger partial charge in [-0.2, -0.15) is 0 Å². The van der Waals surface area contributed by atoms with E-state index in [4.69, 9.17) is 11.6 Å². The first-order chi connectivity index (χ1) is 11.6. The van der Waals surface area contributed by atoms with Crippen LogP contribution in [0.4, 0.5) is 24.5 Å². The highest BCUT2D eigenvalue weighted by molar-refractivity contribution is 7.92. The molecule has 2 aromatic carbocycles. The van der Waals surface area contributed by atoms with Gasteiger partial charge in [-0.15, -0.1) is 0 Å². The summed E-state index contributed by atoms with van der Waals surface area (Å²) in [6, 6.07) is 5.67. The average molecular weight is 393 g/mol. The number of hydrogen-bond donors (Lipinski definition) is 1. The molecule has 25 heavy (non-hydrogen) atoms. The number of carbonyl (C=O) groups excluding carboxylic acids is 1. The van der Waals surface area contributed by atoms with Crippen molar-refractivity contribution in [1.82, 2.24) is 0 Å². The Morgan fingerprint density at radius 2 is 1.80 bits per heavy atom. The van der Waals surface area contributed by atoms with Crippen LogP contribution in [-0.2, 0) is 14.8 Å². The standard InChI is InChI=1S/C15H12ClF3N2O3S/c1-25(23,24)21(14-5-2-9(17)6-13(14)19)8-15(22)20-10-3-4-12(18)11(16)7-10/h2-7H,8H2,1H3,(H,20,22). The van der Waals surface area contributed by atoms with E-state index in [1.807, 2.05) is 0 Å². The molecule has 0 heterocycles. The van der Waals surface area contributed by atoms with Crippen molar-refractivity contribution in [1.29, 1.82) is 0 Å². The van der Waals surface area contributed by atoms with Gasteiger partial charge in [0.25, 0.3) is 0 Å². The number of sulfonamides is 1. The topological polar surface area (TPSA) is 66.5 Å². The van der Waals surface area contributed by atoms with Gasteiger partial charge in [-0.25, -0.2) is 21.6 Å². The van der Waals surface area contributed by atoms with Crippen molar-refractivity contribution in [3.63, 3.8) is 0 Å². The van der Waals surface area contributed by atoms with Gasteiger partial charge in [-0.1, -0.05) is 11.6 Å². The Hall–Kier alpha value is -2.26. The SMILES string of the molecule is CS(=O)(=O)N(CC(=O)Nc1ccc(F)c(Cl)c1)c1ccc(F)cc1F. The number of amides is 1. The Balaban J connectivity index is 2.25. The summed E-state index contributed by atoms with van der Waals surface area (Å²) in [4.78, 5) is 12.1. The number of halogens is 4. The van der Waals surface area contributed by atoms with Gasteiger partial charge in [0.05, 0.1) is 17.0 Å². The smallest absolute Gasteiger partial charge is 0.245 e. The van der Waals surface area contributed by atoms with E-state index < -0.39 is 45.6 Å². The quantitative estimate of drug-likeness (QED) is 0.850.